The number of nitrogens with one attached hydrogen (secondary N) is 1. The van der Waals surface area contributed by atoms with Gasteiger partial charge in [0.25, 0.3) is 0 Å². The summed E-state index contributed by atoms with van der Waals surface area (Å²) in [5, 5.41) is 4.72. The quantitative estimate of drug-likeness (QED) is 0.363. The fraction of sp³-hybridized carbons (Fsp3) is 0.207. The van der Waals surface area contributed by atoms with E-state index in [4.69, 9.17) is 11.6 Å². The van der Waals surface area contributed by atoms with E-state index in [0.717, 1.165) is 40.9 Å². The van der Waals surface area contributed by atoms with Crippen LogP contribution in [0.25, 0.3) is 22.0 Å². The van der Waals surface area contributed by atoms with Crippen LogP contribution in [0.15, 0.2) is 79.0 Å². The van der Waals surface area contributed by atoms with Gasteiger partial charge in [-0.1, -0.05) is 41.8 Å². The van der Waals surface area contributed by atoms with Crippen molar-refractivity contribution in [3.8, 4) is 23.0 Å². The highest BCUT2D eigenvalue weighted by atomic mass is 35.5. The molecule has 1 aliphatic rings. The summed E-state index contributed by atoms with van der Waals surface area (Å²) >= 11 is 5.96. The third-order valence-electron chi connectivity index (χ3n) is 6.27. The summed E-state index contributed by atoms with van der Waals surface area (Å²) in [6, 6.07) is 23.6. The molecule has 170 valence electrons. The number of amides is 1. The highest BCUT2D eigenvalue weighted by molar-refractivity contribution is 6.30. The first kappa shape index (κ1) is 22.3. The molecule has 0 radical (unpaired) electrons. The molecule has 2 heterocycles. The summed E-state index contributed by atoms with van der Waals surface area (Å²) in [7, 11) is 0. The van der Waals surface area contributed by atoms with Crippen LogP contribution in [0.5, 0.6) is 0 Å². The average Bonchev–Trinajstić information content (AvgIpc) is 3.52. The number of hydrogen-bond donors (Lipinski definition) is 1. The minimum atomic E-state index is -0.324. The molecular formula is C29H26ClN3O. The number of carbonyl (C=O) groups excluding carboxylic acids is 1. The number of halogens is 1. The molecule has 0 saturated carbocycles. The SMILES string of the molecule is O=C(C#Cc1ccc(-c2ccc(Cl)cc2)cc1)Nc1ccc2c(ccn2CCN2CCCC2)c1. The molecule has 34 heavy (non-hydrogen) atoms. The van der Waals surface area contributed by atoms with Gasteiger partial charge in [0, 0.05) is 52.4 Å². The van der Waals surface area contributed by atoms with Gasteiger partial charge in [0.1, 0.15) is 0 Å². The molecule has 1 aliphatic heterocycles. The van der Waals surface area contributed by atoms with Crippen LogP contribution >= 0.6 is 11.6 Å². The Bertz CT molecular complexity index is 1350. The highest BCUT2D eigenvalue weighted by Gasteiger charge is 2.11. The second-order valence-electron chi connectivity index (χ2n) is 8.62. The van der Waals surface area contributed by atoms with E-state index in [1.807, 2.05) is 60.7 Å². The van der Waals surface area contributed by atoms with Gasteiger partial charge < -0.3 is 14.8 Å². The molecule has 1 amide bonds. The zero-order valence-electron chi connectivity index (χ0n) is 18.9. The predicted molar refractivity (Wildman–Crippen MR) is 140 cm³/mol. The van der Waals surface area contributed by atoms with Gasteiger partial charge in [-0.15, -0.1) is 0 Å². The lowest BCUT2D eigenvalue weighted by Gasteiger charge is -2.15. The molecule has 1 saturated heterocycles. The Hall–Kier alpha value is -3.52. The first-order valence-corrected chi connectivity index (χ1v) is 12.0. The summed E-state index contributed by atoms with van der Waals surface area (Å²) in [6.45, 7) is 4.49. The van der Waals surface area contributed by atoms with Crippen LogP contribution in [-0.2, 0) is 11.3 Å². The molecule has 0 bridgehead atoms. The lowest BCUT2D eigenvalue weighted by molar-refractivity contribution is -0.111. The van der Waals surface area contributed by atoms with Crippen LogP contribution in [0.4, 0.5) is 5.69 Å². The lowest BCUT2D eigenvalue weighted by Crippen LogP contribution is -2.23. The summed E-state index contributed by atoms with van der Waals surface area (Å²) in [5.74, 6) is 5.31. The van der Waals surface area contributed by atoms with E-state index in [1.165, 1.54) is 31.4 Å². The van der Waals surface area contributed by atoms with Crippen LogP contribution in [0.2, 0.25) is 5.02 Å². The Morgan fingerprint density at radius 1 is 0.882 bits per heavy atom. The third kappa shape index (κ3) is 5.34. The number of likely N-dealkylation sites (tertiary alicyclic amines) is 1. The minimum absolute atomic E-state index is 0.324. The summed E-state index contributed by atoms with van der Waals surface area (Å²) in [4.78, 5) is 14.9. The summed E-state index contributed by atoms with van der Waals surface area (Å²) in [6.07, 6.45) is 4.75. The van der Waals surface area contributed by atoms with Gasteiger partial charge in [0.2, 0.25) is 0 Å². The Balaban J connectivity index is 1.20. The van der Waals surface area contributed by atoms with E-state index in [1.54, 1.807) is 0 Å². The van der Waals surface area contributed by atoms with Crippen molar-refractivity contribution in [1.82, 2.24) is 9.47 Å². The Morgan fingerprint density at radius 3 is 2.32 bits per heavy atom. The third-order valence-corrected chi connectivity index (χ3v) is 6.52. The minimum Gasteiger partial charge on any atom is -0.346 e. The van der Waals surface area contributed by atoms with Gasteiger partial charge in [0.05, 0.1) is 0 Å². The van der Waals surface area contributed by atoms with Gasteiger partial charge in [-0.2, -0.15) is 0 Å². The molecule has 5 rings (SSSR count). The van der Waals surface area contributed by atoms with Crippen LogP contribution in [0.3, 0.4) is 0 Å². The number of aromatic nitrogens is 1. The standard InChI is InChI=1S/C29H26ClN3O/c30-26-10-8-24(9-11-26)23-6-3-22(4-7-23)5-14-29(34)31-27-12-13-28-25(21-27)15-18-33(28)20-19-32-16-1-2-17-32/h3-4,6-13,15,18,21H,1-2,16-17,19-20H2,(H,31,34). The van der Waals surface area contributed by atoms with Crippen LogP contribution in [-0.4, -0.2) is 35.0 Å². The zero-order chi connectivity index (χ0) is 23.3. The number of anilines is 1. The van der Waals surface area contributed by atoms with Crippen molar-refractivity contribution in [1.29, 1.82) is 0 Å². The molecule has 0 aliphatic carbocycles. The van der Waals surface area contributed by atoms with Gasteiger partial charge in [-0.25, -0.2) is 0 Å². The maximum atomic E-state index is 12.4. The molecule has 1 aromatic heterocycles. The van der Waals surface area contributed by atoms with E-state index in [2.05, 4.69) is 45.0 Å². The van der Waals surface area contributed by atoms with Crippen molar-refractivity contribution in [2.24, 2.45) is 0 Å². The Kier molecular flexibility index (Phi) is 6.67. The normalized spacial score (nSPS) is 13.6. The molecule has 4 aromatic rings. The van der Waals surface area contributed by atoms with Crippen molar-refractivity contribution in [3.63, 3.8) is 0 Å². The Morgan fingerprint density at radius 2 is 1.59 bits per heavy atom. The number of benzene rings is 3. The lowest BCUT2D eigenvalue weighted by atomic mass is 10.0. The monoisotopic (exact) mass is 467 g/mol. The van der Waals surface area contributed by atoms with E-state index in [0.29, 0.717) is 5.02 Å². The van der Waals surface area contributed by atoms with Crippen LogP contribution < -0.4 is 5.32 Å². The summed E-state index contributed by atoms with van der Waals surface area (Å²) < 4.78 is 2.28. The molecular weight excluding hydrogens is 442 g/mol. The number of rotatable bonds is 5. The van der Waals surface area contributed by atoms with E-state index < -0.39 is 0 Å². The molecule has 0 unspecified atom stereocenters. The van der Waals surface area contributed by atoms with Crippen molar-refractivity contribution in [3.05, 3.63) is 89.6 Å². The summed E-state index contributed by atoms with van der Waals surface area (Å²) in [5.41, 5.74) is 4.89. The van der Waals surface area contributed by atoms with Gasteiger partial charge >= 0.3 is 5.91 Å². The fourth-order valence-electron chi connectivity index (χ4n) is 4.41. The second-order valence-corrected chi connectivity index (χ2v) is 9.06. The molecule has 4 nitrogen and oxygen atoms in total. The first-order valence-electron chi connectivity index (χ1n) is 11.6. The first-order chi connectivity index (χ1) is 16.6. The Labute approximate surface area is 205 Å². The van der Waals surface area contributed by atoms with Crippen molar-refractivity contribution in [2.75, 3.05) is 25.0 Å². The molecule has 5 heteroatoms. The van der Waals surface area contributed by atoms with E-state index in [-0.39, 0.29) is 5.91 Å². The maximum absolute atomic E-state index is 12.4. The highest BCUT2D eigenvalue weighted by Crippen LogP contribution is 2.22. The molecule has 0 spiro atoms. The largest absolute Gasteiger partial charge is 0.346 e. The van der Waals surface area contributed by atoms with Crippen molar-refractivity contribution in [2.45, 2.75) is 19.4 Å². The smallest absolute Gasteiger partial charge is 0.300 e. The van der Waals surface area contributed by atoms with Gasteiger partial charge in [-0.05, 0) is 85.6 Å². The number of carbonyl (C=O) groups is 1. The van der Waals surface area contributed by atoms with E-state index in [9.17, 15) is 4.79 Å². The van der Waals surface area contributed by atoms with Crippen LogP contribution in [0, 0.1) is 11.8 Å². The second kappa shape index (κ2) is 10.2. The molecule has 3 aromatic carbocycles. The van der Waals surface area contributed by atoms with Crippen LogP contribution in [0.1, 0.15) is 18.4 Å². The zero-order valence-corrected chi connectivity index (χ0v) is 19.7. The fourth-order valence-corrected chi connectivity index (χ4v) is 4.53. The number of hydrogen-bond acceptors (Lipinski definition) is 2. The average molecular weight is 468 g/mol. The van der Waals surface area contributed by atoms with Gasteiger partial charge in [-0.3, -0.25) is 4.79 Å². The molecule has 0 atom stereocenters. The van der Waals surface area contributed by atoms with E-state index >= 15 is 0 Å². The number of nitrogens with zero attached hydrogens (tertiary/aromatic N) is 2. The van der Waals surface area contributed by atoms with Crippen molar-refractivity contribution < 1.29 is 4.79 Å². The maximum Gasteiger partial charge on any atom is 0.300 e. The van der Waals surface area contributed by atoms with Gasteiger partial charge in [0.15, 0.2) is 0 Å². The molecule has 1 fully saturated rings. The van der Waals surface area contributed by atoms with Crippen molar-refractivity contribution >= 4 is 34.1 Å². The predicted octanol–water partition coefficient (Wildman–Crippen LogP) is 6.05. The number of fused-ring (bicyclic) bond motifs is 1. The molecule has 1 N–H and O–H groups in total. The topological polar surface area (TPSA) is 37.3 Å².